The third kappa shape index (κ3) is 4.05. The van der Waals surface area contributed by atoms with E-state index in [4.69, 9.17) is 0 Å². The van der Waals surface area contributed by atoms with Gasteiger partial charge in [0.05, 0.1) is 4.90 Å². The third-order valence-corrected chi connectivity index (χ3v) is 6.22. The molecule has 0 aromatic heterocycles. The highest BCUT2D eigenvalue weighted by Crippen LogP contribution is 2.29. The molecule has 1 fully saturated rings. The van der Waals surface area contributed by atoms with Gasteiger partial charge in [0.2, 0.25) is 10.0 Å². The highest BCUT2D eigenvalue weighted by atomic mass is 32.2. The summed E-state index contributed by atoms with van der Waals surface area (Å²) in [6.45, 7) is 4.02. The molecule has 118 valence electrons. The molecule has 5 heteroatoms. The lowest BCUT2D eigenvalue weighted by atomic mass is 9.85. The minimum Gasteiger partial charge on any atom is -0.319 e. The van der Waals surface area contributed by atoms with E-state index in [2.05, 4.69) is 5.32 Å². The van der Waals surface area contributed by atoms with Crippen LogP contribution >= 0.6 is 0 Å². The second-order valence-corrected chi connectivity index (χ2v) is 7.69. The fourth-order valence-electron chi connectivity index (χ4n) is 2.61. The quantitative estimate of drug-likeness (QED) is 0.801. The highest BCUT2D eigenvalue weighted by molar-refractivity contribution is 7.89. The Balaban J connectivity index is 2.09. The summed E-state index contributed by atoms with van der Waals surface area (Å²) in [5.41, 5.74) is 1.16. The lowest BCUT2D eigenvalue weighted by molar-refractivity contribution is 0.250. The standard InChI is InChI=1S/C16H26N2O2S/c1-3-18(13-15-5-4-6-15)21(19,20)16-9-7-14(8-10-16)11-12-17-2/h7-10,15,17H,3-6,11-13H2,1-2H3. The number of nitrogens with zero attached hydrogens (tertiary/aromatic N) is 1. The SMILES string of the molecule is CCN(CC1CCC1)S(=O)(=O)c1ccc(CCNC)cc1. The minimum atomic E-state index is -3.34. The molecule has 0 amide bonds. The highest BCUT2D eigenvalue weighted by Gasteiger charge is 2.28. The van der Waals surface area contributed by atoms with E-state index >= 15 is 0 Å². The Morgan fingerprint density at radius 1 is 1.24 bits per heavy atom. The van der Waals surface area contributed by atoms with Crippen LogP contribution in [0.5, 0.6) is 0 Å². The van der Waals surface area contributed by atoms with E-state index in [1.807, 2.05) is 26.1 Å². The van der Waals surface area contributed by atoms with Crippen LogP contribution in [-0.2, 0) is 16.4 Å². The number of sulfonamides is 1. The van der Waals surface area contributed by atoms with E-state index in [0.717, 1.165) is 31.4 Å². The minimum absolute atomic E-state index is 0.414. The third-order valence-electron chi connectivity index (χ3n) is 4.26. The van der Waals surface area contributed by atoms with E-state index in [-0.39, 0.29) is 0 Å². The van der Waals surface area contributed by atoms with Crippen LogP contribution in [-0.4, -0.2) is 39.4 Å². The van der Waals surface area contributed by atoms with Gasteiger partial charge in [-0.2, -0.15) is 4.31 Å². The van der Waals surface area contributed by atoms with Crippen LogP contribution in [0, 0.1) is 5.92 Å². The van der Waals surface area contributed by atoms with Crippen LogP contribution in [0.4, 0.5) is 0 Å². The molecule has 4 nitrogen and oxygen atoms in total. The van der Waals surface area contributed by atoms with Gasteiger partial charge < -0.3 is 5.32 Å². The first kappa shape index (κ1) is 16.5. The second-order valence-electron chi connectivity index (χ2n) is 5.75. The Hall–Kier alpha value is -0.910. The molecule has 1 aliphatic carbocycles. The maximum atomic E-state index is 12.7. The number of rotatable bonds is 8. The van der Waals surface area contributed by atoms with Gasteiger partial charge in [0.15, 0.2) is 0 Å². The average Bonchev–Trinajstić information content (AvgIpc) is 2.44. The second kappa shape index (κ2) is 7.38. The fraction of sp³-hybridized carbons (Fsp3) is 0.625. The van der Waals surface area contributed by atoms with Crippen LogP contribution in [0.1, 0.15) is 31.7 Å². The van der Waals surface area contributed by atoms with Crippen LogP contribution in [0.2, 0.25) is 0 Å². The average molecular weight is 310 g/mol. The Morgan fingerprint density at radius 3 is 2.38 bits per heavy atom. The van der Waals surface area contributed by atoms with Crippen molar-refractivity contribution < 1.29 is 8.42 Å². The van der Waals surface area contributed by atoms with Crippen LogP contribution in [0.3, 0.4) is 0 Å². The largest absolute Gasteiger partial charge is 0.319 e. The zero-order valence-electron chi connectivity index (χ0n) is 13.0. The van der Waals surface area contributed by atoms with E-state index in [1.165, 1.54) is 6.42 Å². The van der Waals surface area contributed by atoms with Crippen molar-refractivity contribution in [3.05, 3.63) is 29.8 Å². The van der Waals surface area contributed by atoms with Crippen LogP contribution < -0.4 is 5.32 Å². The van der Waals surface area contributed by atoms with Gasteiger partial charge in [0.1, 0.15) is 0 Å². The summed E-state index contributed by atoms with van der Waals surface area (Å²) in [6, 6.07) is 7.32. The Bertz CT molecular complexity index is 536. The summed E-state index contributed by atoms with van der Waals surface area (Å²) in [5.74, 6) is 0.551. The van der Waals surface area contributed by atoms with Gasteiger partial charge in [-0.3, -0.25) is 0 Å². The monoisotopic (exact) mass is 310 g/mol. The summed E-state index contributed by atoms with van der Waals surface area (Å²) >= 11 is 0. The Labute approximate surface area is 128 Å². The Kier molecular flexibility index (Phi) is 5.79. The number of hydrogen-bond donors (Lipinski definition) is 1. The topological polar surface area (TPSA) is 49.4 Å². The molecule has 1 saturated carbocycles. The van der Waals surface area contributed by atoms with Gasteiger partial charge in [0.25, 0.3) is 0 Å². The van der Waals surface area contributed by atoms with Gasteiger partial charge in [-0.05, 0) is 56.5 Å². The lowest BCUT2D eigenvalue weighted by Crippen LogP contribution is -2.37. The lowest BCUT2D eigenvalue weighted by Gasteiger charge is -2.31. The molecular weight excluding hydrogens is 284 g/mol. The van der Waals surface area contributed by atoms with Crippen molar-refractivity contribution in [1.82, 2.24) is 9.62 Å². The summed E-state index contributed by atoms with van der Waals surface area (Å²) in [6.07, 6.45) is 4.47. The van der Waals surface area contributed by atoms with Gasteiger partial charge in [0, 0.05) is 13.1 Å². The fourth-order valence-corrected chi connectivity index (χ4v) is 4.13. The molecule has 1 aromatic carbocycles. The van der Waals surface area contributed by atoms with Crippen molar-refractivity contribution in [3.8, 4) is 0 Å². The summed E-state index contributed by atoms with van der Waals surface area (Å²) in [7, 11) is -1.43. The first-order chi connectivity index (χ1) is 10.1. The molecule has 1 aromatic rings. The van der Waals surface area contributed by atoms with E-state index < -0.39 is 10.0 Å². The molecule has 0 saturated heterocycles. The van der Waals surface area contributed by atoms with E-state index in [1.54, 1.807) is 16.4 Å². The zero-order valence-corrected chi connectivity index (χ0v) is 13.8. The molecule has 0 radical (unpaired) electrons. The van der Waals surface area contributed by atoms with Crippen molar-refractivity contribution in [1.29, 1.82) is 0 Å². The van der Waals surface area contributed by atoms with Gasteiger partial charge >= 0.3 is 0 Å². The van der Waals surface area contributed by atoms with Crippen molar-refractivity contribution in [2.75, 3.05) is 26.7 Å². The molecule has 0 spiro atoms. The maximum Gasteiger partial charge on any atom is 0.243 e. The molecule has 1 aliphatic rings. The number of hydrogen-bond acceptors (Lipinski definition) is 3. The van der Waals surface area contributed by atoms with Crippen molar-refractivity contribution >= 4 is 10.0 Å². The Morgan fingerprint density at radius 2 is 1.90 bits per heavy atom. The normalized spacial score (nSPS) is 16.1. The first-order valence-corrected chi connectivity index (χ1v) is 9.25. The molecule has 21 heavy (non-hydrogen) atoms. The smallest absolute Gasteiger partial charge is 0.243 e. The molecule has 0 heterocycles. The summed E-state index contributed by atoms with van der Waals surface area (Å²) in [4.78, 5) is 0.414. The number of nitrogens with one attached hydrogen (secondary N) is 1. The molecule has 1 N–H and O–H groups in total. The van der Waals surface area contributed by atoms with Gasteiger partial charge in [-0.1, -0.05) is 25.5 Å². The number of benzene rings is 1. The summed E-state index contributed by atoms with van der Waals surface area (Å²) in [5, 5.41) is 3.10. The van der Waals surface area contributed by atoms with Crippen LogP contribution in [0.15, 0.2) is 29.2 Å². The molecule has 0 aliphatic heterocycles. The van der Waals surface area contributed by atoms with E-state index in [9.17, 15) is 8.42 Å². The van der Waals surface area contributed by atoms with Crippen molar-refractivity contribution in [2.24, 2.45) is 5.92 Å². The van der Waals surface area contributed by atoms with Gasteiger partial charge in [-0.15, -0.1) is 0 Å². The predicted molar refractivity (Wildman–Crippen MR) is 85.8 cm³/mol. The number of likely N-dealkylation sites (N-methyl/N-ethyl adjacent to an activating group) is 1. The molecule has 0 atom stereocenters. The van der Waals surface area contributed by atoms with E-state index in [0.29, 0.717) is 23.9 Å². The zero-order chi connectivity index (χ0) is 15.3. The molecular formula is C16H26N2O2S. The molecule has 0 unspecified atom stereocenters. The van der Waals surface area contributed by atoms with Crippen molar-refractivity contribution in [2.45, 2.75) is 37.5 Å². The first-order valence-electron chi connectivity index (χ1n) is 7.81. The predicted octanol–water partition coefficient (Wildman–Crippen LogP) is 2.26. The molecule has 2 rings (SSSR count). The van der Waals surface area contributed by atoms with Crippen molar-refractivity contribution in [3.63, 3.8) is 0 Å². The van der Waals surface area contributed by atoms with Crippen LogP contribution in [0.25, 0.3) is 0 Å². The maximum absolute atomic E-state index is 12.7. The van der Waals surface area contributed by atoms with Gasteiger partial charge in [-0.25, -0.2) is 8.42 Å². The molecule has 0 bridgehead atoms. The summed E-state index contributed by atoms with van der Waals surface area (Å²) < 4.78 is 27.0.